The zero-order chi connectivity index (χ0) is 13.3. The predicted octanol–water partition coefficient (Wildman–Crippen LogP) is 4.14. The highest BCUT2D eigenvalue weighted by Crippen LogP contribution is 2.25. The van der Waals surface area contributed by atoms with Crippen molar-refractivity contribution in [1.29, 1.82) is 0 Å². The Kier molecular flexibility index (Phi) is 3.69. The molecule has 18 heavy (non-hydrogen) atoms. The maximum atomic E-state index is 13.5. The van der Waals surface area contributed by atoms with E-state index in [1.54, 1.807) is 13.0 Å². The lowest BCUT2D eigenvalue weighted by molar-refractivity contribution is 0.614. The maximum Gasteiger partial charge on any atom is 0.126 e. The van der Waals surface area contributed by atoms with Gasteiger partial charge in [-0.2, -0.15) is 0 Å². The van der Waals surface area contributed by atoms with Gasteiger partial charge >= 0.3 is 0 Å². The van der Waals surface area contributed by atoms with Crippen molar-refractivity contribution in [2.45, 2.75) is 19.9 Å². The minimum Gasteiger partial charge on any atom is -0.320 e. The normalized spacial score (nSPS) is 12.5. The van der Waals surface area contributed by atoms with Crippen LogP contribution in [0.2, 0.25) is 5.02 Å². The van der Waals surface area contributed by atoms with E-state index in [4.69, 9.17) is 17.3 Å². The lowest BCUT2D eigenvalue weighted by Crippen LogP contribution is -2.12. The number of halogens is 2. The van der Waals surface area contributed by atoms with Crippen LogP contribution in [0.3, 0.4) is 0 Å². The predicted molar refractivity (Wildman–Crippen MR) is 73.4 cm³/mol. The number of hydrogen-bond acceptors (Lipinski definition) is 1. The molecule has 2 aromatic rings. The Bertz CT molecular complexity index is 529. The Morgan fingerprint density at radius 2 is 1.56 bits per heavy atom. The molecule has 1 unspecified atom stereocenters. The van der Waals surface area contributed by atoms with Gasteiger partial charge in [0.25, 0.3) is 0 Å². The summed E-state index contributed by atoms with van der Waals surface area (Å²) in [5.41, 5.74) is 9.38. The number of rotatable bonds is 2. The van der Waals surface area contributed by atoms with Crippen molar-refractivity contribution in [1.82, 2.24) is 0 Å². The van der Waals surface area contributed by atoms with Crippen LogP contribution < -0.4 is 5.73 Å². The summed E-state index contributed by atoms with van der Waals surface area (Å²) in [6.45, 7) is 3.66. The van der Waals surface area contributed by atoms with Gasteiger partial charge in [0.2, 0.25) is 0 Å². The first-order valence-corrected chi connectivity index (χ1v) is 6.14. The average Bonchev–Trinajstić information content (AvgIpc) is 2.35. The molecule has 0 aromatic heterocycles. The van der Waals surface area contributed by atoms with E-state index in [-0.39, 0.29) is 11.9 Å². The Morgan fingerprint density at radius 3 is 2.11 bits per heavy atom. The first kappa shape index (κ1) is 13.1. The van der Waals surface area contributed by atoms with Gasteiger partial charge in [-0.25, -0.2) is 4.39 Å². The second-order valence-electron chi connectivity index (χ2n) is 4.49. The molecule has 2 aromatic carbocycles. The van der Waals surface area contributed by atoms with E-state index in [9.17, 15) is 4.39 Å². The fourth-order valence-electron chi connectivity index (χ4n) is 1.80. The van der Waals surface area contributed by atoms with Crippen molar-refractivity contribution in [2.24, 2.45) is 5.73 Å². The van der Waals surface area contributed by atoms with Crippen LogP contribution in [0.5, 0.6) is 0 Å². The minimum atomic E-state index is -0.363. The molecule has 2 rings (SSSR count). The summed E-state index contributed by atoms with van der Waals surface area (Å²) >= 11 is 6.07. The van der Waals surface area contributed by atoms with E-state index < -0.39 is 0 Å². The highest BCUT2D eigenvalue weighted by molar-refractivity contribution is 6.31. The van der Waals surface area contributed by atoms with Crippen LogP contribution in [-0.2, 0) is 0 Å². The molecule has 0 aliphatic heterocycles. The first-order valence-electron chi connectivity index (χ1n) is 5.76. The summed E-state index contributed by atoms with van der Waals surface area (Å²) in [5.74, 6) is -0.235. The van der Waals surface area contributed by atoms with Crippen LogP contribution >= 0.6 is 11.6 Å². The molecule has 0 bridgehead atoms. The molecule has 3 heteroatoms. The summed E-state index contributed by atoms with van der Waals surface area (Å²) in [6.07, 6.45) is 0. The Hall–Kier alpha value is -1.38. The summed E-state index contributed by atoms with van der Waals surface area (Å²) in [4.78, 5) is 0. The fraction of sp³-hybridized carbons (Fsp3) is 0.200. The molecule has 0 fully saturated rings. The molecule has 0 aliphatic carbocycles. The molecule has 0 spiro atoms. The molecule has 0 saturated heterocycles. The second-order valence-corrected chi connectivity index (χ2v) is 4.90. The number of hydrogen-bond donors (Lipinski definition) is 1. The van der Waals surface area contributed by atoms with Crippen molar-refractivity contribution in [3.05, 3.63) is 69.5 Å². The summed E-state index contributed by atoms with van der Waals surface area (Å²) in [5, 5.41) is 0.676. The van der Waals surface area contributed by atoms with Crippen LogP contribution in [0.4, 0.5) is 4.39 Å². The fourth-order valence-corrected chi connectivity index (χ4v) is 1.99. The van der Waals surface area contributed by atoms with Crippen molar-refractivity contribution in [3.63, 3.8) is 0 Å². The van der Waals surface area contributed by atoms with Crippen molar-refractivity contribution < 1.29 is 4.39 Å². The van der Waals surface area contributed by atoms with Gasteiger partial charge in [0, 0.05) is 5.02 Å². The van der Waals surface area contributed by atoms with Gasteiger partial charge in [-0.15, -0.1) is 0 Å². The molecule has 0 heterocycles. The monoisotopic (exact) mass is 263 g/mol. The SMILES string of the molecule is Cc1ccc(C(N)c2ccc(C)c(Cl)c2)cc1F. The van der Waals surface area contributed by atoms with Crippen LogP contribution in [0, 0.1) is 19.7 Å². The van der Waals surface area contributed by atoms with Gasteiger partial charge < -0.3 is 5.73 Å². The highest BCUT2D eigenvalue weighted by Gasteiger charge is 2.11. The van der Waals surface area contributed by atoms with Gasteiger partial charge in [-0.3, -0.25) is 0 Å². The third-order valence-corrected chi connectivity index (χ3v) is 3.52. The van der Waals surface area contributed by atoms with Crippen molar-refractivity contribution >= 4 is 11.6 Å². The summed E-state index contributed by atoms with van der Waals surface area (Å²) in [7, 11) is 0. The van der Waals surface area contributed by atoms with E-state index in [1.165, 1.54) is 6.07 Å². The molecule has 0 saturated carbocycles. The largest absolute Gasteiger partial charge is 0.320 e. The van der Waals surface area contributed by atoms with Crippen LogP contribution in [0.1, 0.15) is 28.3 Å². The van der Waals surface area contributed by atoms with Crippen LogP contribution in [0.15, 0.2) is 36.4 Å². The van der Waals surface area contributed by atoms with E-state index in [2.05, 4.69) is 0 Å². The maximum absolute atomic E-state index is 13.5. The van der Waals surface area contributed by atoms with Gasteiger partial charge in [0.15, 0.2) is 0 Å². The molecule has 94 valence electrons. The topological polar surface area (TPSA) is 26.0 Å². The smallest absolute Gasteiger partial charge is 0.126 e. The minimum absolute atomic E-state index is 0.235. The lowest BCUT2D eigenvalue weighted by atomic mass is 9.98. The third kappa shape index (κ3) is 2.55. The molecule has 0 radical (unpaired) electrons. The molecular weight excluding hydrogens is 249 g/mol. The quantitative estimate of drug-likeness (QED) is 0.866. The molecule has 0 aliphatic rings. The van der Waals surface area contributed by atoms with Crippen LogP contribution in [0.25, 0.3) is 0 Å². The van der Waals surface area contributed by atoms with E-state index >= 15 is 0 Å². The average molecular weight is 264 g/mol. The van der Waals surface area contributed by atoms with Gasteiger partial charge in [0.05, 0.1) is 6.04 Å². The molecule has 1 atom stereocenters. The molecule has 2 N–H and O–H groups in total. The number of aryl methyl sites for hydroxylation is 2. The number of nitrogens with two attached hydrogens (primary N) is 1. The third-order valence-electron chi connectivity index (χ3n) is 3.11. The standard InChI is InChI=1S/C15H15ClFN/c1-9-3-5-11(7-13(9)16)15(18)12-6-4-10(2)14(17)8-12/h3-8,15H,18H2,1-2H3. The number of benzene rings is 2. The first-order chi connectivity index (χ1) is 8.49. The van der Waals surface area contributed by atoms with E-state index in [1.807, 2.05) is 31.2 Å². The Morgan fingerprint density at radius 1 is 1.00 bits per heavy atom. The zero-order valence-corrected chi connectivity index (χ0v) is 11.1. The summed E-state index contributed by atoms with van der Waals surface area (Å²) < 4.78 is 13.5. The van der Waals surface area contributed by atoms with E-state index in [0.29, 0.717) is 10.6 Å². The van der Waals surface area contributed by atoms with Crippen molar-refractivity contribution in [3.8, 4) is 0 Å². The molecule has 0 amide bonds. The molecule has 1 nitrogen and oxygen atoms in total. The molecular formula is C15H15ClFN. The van der Waals surface area contributed by atoms with Gasteiger partial charge in [-0.05, 0) is 48.2 Å². The lowest BCUT2D eigenvalue weighted by Gasteiger charge is -2.14. The van der Waals surface area contributed by atoms with Gasteiger partial charge in [-0.1, -0.05) is 35.9 Å². The van der Waals surface area contributed by atoms with Gasteiger partial charge in [0.1, 0.15) is 5.82 Å². The van der Waals surface area contributed by atoms with E-state index in [0.717, 1.165) is 16.7 Å². The zero-order valence-electron chi connectivity index (χ0n) is 10.4. The van der Waals surface area contributed by atoms with Crippen LogP contribution in [-0.4, -0.2) is 0 Å². The highest BCUT2D eigenvalue weighted by atomic mass is 35.5. The second kappa shape index (κ2) is 5.09. The Balaban J connectivity index is 2.37. The van der Waals surface area contributed by atoms with Crippen molar-refractivity contribution in [2.75, 3.05) is 0 Å². The summed E-state index contributed by atoms with van der Waals surface area (Å²) in [6, 6.07) is 10.4. The Labute approximate surface area is 111 Å².